The number of hydrogen-bond acceptors (Lipinski definition) is 4. The third-order valence-corrected chi connectivity index (χ3v) is 6.14. The Morgan fingerprint density at radius 1 is 1.12 bits per heavy atom. The van der Waals surface area contributed by atoms with Gasteiger partial charge >= 0.3 is 6.18 Å². The summed E-state index contributed by atoms with van der Waals surface area (Å²) in [5.41, 5.74) is -2.43. The third kappa shape index (κ3) is 3.55. The number of nitrogens with zero attached hydrogens (tertiary/aromatic N) is 4. The van der Waals surface area contributed by atoms with Gasteiger partial charge in [-0.3, -0.25) is 4.40 Å². The Morgan fingerprint density at radius 3 is 2.41 bits per heavy atom. The lowest BCUT2D eigenvalue weighted by Gasteiger charge is -2.42. The Labute approximate surface area is 179 Å². The van der Waals surface area contributed by atoms with E-state index in [1.807, 2.05) is 6.07 Å². The summed E-state index contributed by atoms with van der Waals surface area (Å²) in [5, 5.41) is 17.3. The van der Waals surface area contributed by atoms with Crippen LogP contribution in [0.5, 0.6) is 5.75 Å². The second-order valence-corrected chi connectivity index (χ2v) is 8.51. The molecule has 0 radical (unpaired) electrons. The lowest BCUT2D eigenvalue weighted by molar-refractivity contribution is -0.138. The van der Waals surface area contributed by atoms with Gasteiger partial charge in [0.05, 0.1) is 11.5 Å². The maximum atomic E-state index is 13.9. The minimum Gasteiger partial charge on any atom is -0.489 e. The summed E-state index contributed by atoms with van der Waals surface area (Å²) >= 11 is 0. The number of nitriles is 1. The molecule has 0 unspecified atom stereocenters. The van der Waals surface area contributed by atoms with E-state index in [0.717, 1.165) is 25.0 Å². The Kier molecular flexibility index (Phi) is 4.62. The fourth-order valence-corrected chi connectivity index (χ4v) is 4.27. The van der Waals surface area contributed by atoms with Crippen molar-refractivity contribution in [2.45, 2.75) is 49.8 Å². The SMILES string of the molecule is N#CC1(c2cc(F)cc(F)c2)CC(Oc2ccn3c(CC4CC4)nnc3c2C(F)(F)F)C1. The van der Waals surface area contributed by atoms with E-state index in [2.05, 4.69) is 10.2 Å². The number of ether oxygens (including phenoxy) is 1. The van der Waals surface area contributed by atoms with Crippen molar-refractivity contribution < 1.29 is 26.7 Å². The number of pyridine rings is 1. The van der Waals surface area contributed by atoms with Crippen molar-refractivity contribution in [1.82, 2.24) is 14.6 Å². The van der Waals surface area contributed by atoms with E-state index in [0.29, 0.717) is 24.2 Å². The minimum absolute atomic E-state index is 0.00842. The van der Waals surface area contributed by atoms with Gasteiger partial charge in [0.1, 0.15) is 34.9 Å². The highest BCUT2D eigenvalue weighted by molar-refractivity contribution is 5.57. The van der Waals surface area contributed by atoms with Gasteiger partial charge in [-0.05, 0) is 42.5 Å². The molecule has 2 heterocycles. The zero-order chi connectivity index (χ0) is 22.7. The van der Waals surface area contributed by atoms with Crippen LogP contribution in [0.2, 0.25) is 0 Å². The van der Waals surface area contributed by atoms with Crippen LogP contribution >= 0.6 is 0 Å². The zero-order valence-electron chi connectivity index (χ0n) is 16.7. The molecule has 3 aromatic rings. The number of halogens is 5. The molecule has 10 heteroatoms. The van der Waals surface area contributed by atoms with Crippen molar-refractivity contribution in [2.24, 2.45) is 5.92 Å². The quantitative estimate of drug-likeness (QED) is 0.517. The highest BCUT2D eigenvalue weighted by Crippen LogP contribution is 2.47. The number of aromatic nitrogens is 3. The first-order valence-electron chi connectivity index (χ1n) is 10.2. The third-order valence-electron chi connectivity index (χ3n) is 6.14. The fourth-order valence-electron chi connectivity index (χ4n) is 4.27. The van der Waals surface area contributed by atoms with Gasteiger partial charge in [0.25, 0.3) is 0 Å². The molecule has 0 saturated heterocycles. The summed E-state index contributed by atoms with van der Waals surface area (Å²) < 4.78 is 75.9. The molecule has 2 saturated carbocycles. The van der Waals surface area contributed by atoms with Crippen molar-refractivity contribution in [3.63, 3.8) is 0 Å². The van der Waals surface area contributed by atoms with E-state index in [1.165, 1.54) is 16.7 Å². The molecule has 5 nitrogen and oxygen atoms in total. The van der Waals surface area contributed by atoms with Crippen molar-refractivity contribution in [2.75, 3.05) is 0 Å². The first-order chi connectivity index (χ1) is 15.2. The molecule has 166 valence electrons. The molecule has 2 aliphatic carbocycles. The normalized spacial score (nSPS) is 23.1. The van der Waals surface area contributed by atoms with Crippen molar-refractivity contribution >= 4 is 5.65 Å². The van der Waals surface area contributed by atoms with Crippen LogP contribution in [0.1, 0.15) is 42.6 Å². The second kappa shape index (κ2) is 7.15. The first kappa shape index (κ1) is 20.7. The largest absolute Gasteiger partial charge is 0.489 e. The van der Waals surface area contributed by atoms with E-state index in [4.69, 9.17) is 4.74 Å². The van der Waals surface area contributed by atoms with Crippen LogP contribution in [-0.2, 0) is 18.0 Å². The number of benzene rings is 1. The predicted octanol–water partition coefficient (Wildman–Crippen LogP) is 4.98. The second-order valence-electron chi connectivity index (χ2n) is 8.51. The molecular formula is C22H17F5N4O. The molecule has 0 bridgehead atoms. The molecule has 2 aliphatic rings. The van der Waals surface area contributed by atoms with Gasteiger partial charge in [0.2, 0.25) is 0 Å². The number of hydrogen-bond donors (Lipinski definition) is 0. The van der Waals surface area contributed by atoms with Crippen LogP contribution in [0.4, 0.5) is 22.0 Å². The van der Waals surface area contributed by atoms with Crippen LogP contribution in [0.15, 0.2) is 30.5 Å². The number of fused-ring (bicyclic) bond motifs is 1. The van der Waals surface area contributed by atoms with Crippen molar-refractivity contribution in [3.8, 4) is 11.8 Å². The minimum atomic E-state index is -4.73. The van der Waals surface area contributed by atoms with Gasteiger partial charge in [-0.15, -0.1) is 10.2 Å². The highest BCUT2D eigenvalue weighted by atomic mass is 19.4. The summed E-state index contributed by atoms with van der Waals surface area (Å²) in [6, 6.07) is 6.09. The number of rotatable bonds is 5. The van der Waals surface area contributed by atoms with E-state index in [1.54, 1.807) is 0 Å². The van der Waals surface area contributed by atoms with Gasteiger partial charge in [0, 0.05) is 31.5 Å². The summed E-state index contributed by atoms with van der Waals surface area (Å²) in [5.74, 6) is -1.15. The average Bonchev–Trinajstić information content (AvgIpc) is 3.41. The Balaban J connectivity index is 1.43. The van der Waals surface area contributed by atoms with Gasteiger partial charge in [-0.25, -0.2) is 8.78 Å². The monoisotopic (exact) mass is 448 g/mol. The molecule has 0 spiro atoms. The molecule has 1 aromatic carbocycles. The van der Waals surface area contributed by atoms with Crippen molar-refractivity contribution in [3.05, 3.63) is 59.0 Å². The highest BCUT2D eigenvalue weighted by Gasteiger charge is 2.49. The molecule has 0 N–H and O–H groups in total. The predicted molar refractivity (Wildman–Crippen MR) is 102 cm³/mol. The average molecular weight is 448 g/mol. The Morgan fingerprint density at radius 2 is 1.81 bits per heavy atom. The molecule has 0 atom stereocenters. The van der Waals surface area contributed by atoms with Crippen LogP contribution in [0.25, 0.3) is 5.65 Å². The van der Waals surface area contributed by atoms with Gasteiger partial charge < -0.3 is 4.74 Å². The molecule has 0 aliphatic heterocycles. The van der Waals surface area contributed by atoms with E-state index < -0.39 is 40.6 Å². The molecule has 2 fully saturated rings. The fraction of sp³-hybridized carbons (Fsp3) is 0.409. The first-order valence-corrected chi connectivity index (χ1v) is 10.2. The summed E-state index contributed by atoms with van der Waals surface area (Å²) in [6.45, 7) is 0. The standard InChI is InChI=1S/C22H17F5N4O/c23-14-6-13(7-15(24)8-14)21(11-28)9-16(10-21)32-17-3-4-31-18(5-12-1-2-12)29-30-20(31)19(17)22(25,26)27/h3-4,6-8,12,16H,1-2,5,9-10H2. The van der Waals surface area contributed by atoms with E-state index >= 15 is 0 Å². The lowest BCUT2D eigenvalue weighted by atomic mass is 9.63. The molecule has 2 aromatic heterocycles. The van der Waals surface area contributed by atoms with Crippen LogP contribution < -0.4 is 4.74 Å². The zero-order valence-corrected chi connectivity index (χ0v) is 16.7. The van der Waals surface area contributed by atoms with E-state index in [-0.39, 0.29) is 24.1 Å². The maximum Gasteiger partial charge on any atom is 0.423 e. The van der Waals surface area contributed by atoms with Crippen LogP contribution in [0, 0.1) is 28.9 Å². The lowest BCUT2D eigenvalue weighted by Crippen LogP contribution is -2.46. The van der Waals surface area contributed by atoms with Crippen molar-refractivity contribution in [1.29, 1.82) is 5.26 Å². The van der Waals surface area contributed by atoms with Crippen LogP contribution in [0.3, 0.4) is 0 Å². The summed E-state index contributed by atoms with van der Waals surface area (Å²) in [6.07, 6.45) is -1.36. The Hall–Kier alpha value is -3.22. The molecule has 5 rings (SSSR count). The number of alkyl halides is 3. The topological polar surface area (TPSA) is 63.2 Å². The van der Waals surface area contributed by atoms with E-state index in [9.17, 15) is 27.2 Å². The molecule has 0 amide bonds. The van der Waals surface area contributed by atoms with Gasteiger partial charge in [-0.2, -0.15) is 18.4 Å². The van der Waals surface area contributed by atoms with Gasteiger partial charge in [-0.1, -0.05) is 0 Å². The smallest absolute Gasteiger partial charge is 0.423 e. The molecule has 32 heavy (non-hydrogen) atoms. The summed E-state index contributed by atoms with van der Waals surface area (Å²) in [7, 11) is 0. The maximum absolute atomic E-state index is 13.9. The van der Waals surface area contributed by atoms with Gasteiger partial charge in [0.15, 0.2) is 5.65 Å². The Bertz CT molecular complexity index is 1220. The molecular weight excluding hydrogens is 431 g/mol. The van der Waals surface area contributed by atoms with Crippen LogP contribution in [-0.4, -0.2) is 20.7 Å². The summed E-state index contributed by atoms with van der Waals surface area (Å²) in [4.78, 5) is 0.